The van der Waals surface area contributed by atoms with E-state index < -0.39 is 12.7 Å². The van der Waals surface area contributed by atoms with E-state index in [1.165, 1.54) is 0 Å². The number of ether oxygens (including phenoxy) is 1. The van der Waals surface area contributed by atoms with Crippen molar-refractivity contribution in [2.24, 2.45) is 0 Å². The zero-order valence-electron chi connectivity index (χ0n) is 14.0. The van der Waals surface area contributed by atoms with Gasteiger partial charge in [0.15, 0.2) is 0 Å². The minimum Gasteiger partial charge on any atom is -0.444 e. The fourth-order valence-electron chi connectivity index (χ4n) is 2.47. The first-order valence-electron chi connectivity index (χ1n) is 7.90. The molecule has 0 radical (unpaired) electrons. The van der Waals surface area contributed by atoms with Crippen LogP contribution in [0.5, 0.6) is 0 Å². The van der Waals surface area contributed by atoms with Crippen LogP contribution in [0.25, 0.3) is 0 Å². The van der Waals surface area contributed by atoms with E-state index in [0.29, 0.717) is 18.6 Å². The number of rotatable bonds is 3. The maximum absolute atomic E-state index is 12.0. The summed E-state index contributed by atoms with van der Waals surface area (Å²) in [7, 11) is -1.43. The molecule has 1 saturated heterocycles. The number of hydrogen-bond donors (Lipinski definition) is 2. The van der Waals surface area contributed by atoms with Crippen molar-refractivity contribution < 1.29 is 19.6 Å². The van der Waals surface area contributed by atoms with Gasteiger partial charge < -0.3 is 19.7 Å². The van der Waals surface area contributed by atoms with Crippen LogP contribution in [0.15, 0.2) is 24.3 Å². The van der Waals surface area contributed by atoms with Gasteiger partial charge in [-0.15, -0.1) is 0 Å². The standard InChI is InChI=1S/C16H25BN2O4/c1-16(2,3)23-15(20)19-10-8-18(9-11-19)12-13-4-6-14(7-5-13)17(21)22/h4-7,21-22H,8-12H2,1-3H3. The highest BCUT2D eigenvalue weighted by molar-refractivity contribution is 6.58. The van der Waals surface area contributed by atoms with Gasteiger partial charge in [-0.2, -0.15) is 0 Å². The van der Waals surface area contributed by atoms with Gasteiger partial charge in [0.25, 0.3) is 0 Å². The summed E-state index contributed by atoms with van der Waals surface area (Å²) in [6.45, 7) is 9.29. The molecule has 1 fully saturated rings. The lowest BCUT2D eigenvalue weighted by Crippen LogP contribution is -2.49. The number of hydrogen-bond acceptors (Lipinski definition) is 5. The van der Waals surface area contributed by atoms with E-state index in [2.05, 4.69) is 4.90 Å². The molecule has 1 aromatic carbocycles. The van der Waals surface area contributed by atoms with Gasteiger partial charge in [-0.3, -0.25) is 4.90 Å². The van der Waals surface area contributed by atoms with Crippen LogP contribution in [0.3, 0.4) is 0 Å². The Bertz CT molecular complexity index is 520. The predicted octanol–water partition coefficient (Wildman–Crippen LogP) is 0.419. The van der Waals surface area contributed by atoms with Crippen molar-refractivity contribution in [3.05, 3.63) is 29.8 Å². The molecule has 2 N–H and O–H groups in total. The number of benzene rings is 1. The first kappa shape index (κ1) is 17.8. The van der Waals surface area contributed by atoms with E-state index in [1.54, 1.807) is 17.0 Å². The van der Waals surface area contributed by atoms with Gasteiger partial charge in [-0.25, -0.2) is 4.79 Å². The van der Waals surface area contributed by atoms with Crippen LogP contribution in [0.2, 0.25) is 0 Å². The largest absolute Gasteiger partial charge is 0.488 e. The molecule has 0 unspecified atom stereocenters. The lowest BCUT2D eigenvalue weighted by atomic mass is 9.80. The van der Waals surface area contributed by atoms with Gasteiger partial charge >= 0.3 is 13.2 Å². The van der Waals surface area contributed by atoms with Crippen molar-refractivity contribution in [2.75, 3.05) is 26.2 Å². The molecule has 6 nitrogen and oxygen atoms in total. The van der Waals surface area contributed by atoms with Crippen molar-refractivity contribution in [3.63, 3.8) is 0 Å². The summed E-state index contributed by atoms with van der Waals surface area (Å²) in [4.78, 5) is 16.0. The smallest absolute Gasteiger partial charge is 0.444 e. The number of carbonyl (C=O) groups is 1. The Kier molecular flexibility index (Phi) is 5.67. The first-order chi connectivity index (χ1) is 10.7. The summed E-state index contributed by atoms with van der Waals surface area (Å²) in [6.07, 6.45) is -0.251. The number of piperazine rings is 1. The monoisotopic (exact) mass is 320 g/mol. The van der Waals surface area contributed by atoms with E-state index >= 15 is 0 Å². The van der Waals surface area contributed by atoms with Crippen molar-refractivity contribution in [1.82, 2.24) is 9.80 Å². The van der Waals surface area contributed by atoms with Crippen molar-refractivity contribution in [1.29, 1.82) is 0 Å². The molecule has 7 heteroatoms. The number of nitrogens with zero attached hydrogens (tertiary/aromatic N) is 2. The van der Waals surface area contributed by atoms with E-state index in [4.69, 9.17) is 14.8 Å². The van der Waals surface area contributed by atoms with E-state index in [9.17, 15) is 4.79 Å². The maximum Gasteiger partial charge on any atom is 0.488 e. The van der Waals surface area contributed by atoms with E-state index in [0.717, 1.165) is 25.2 Å². The van der Waals surface area contributed by atoms with Crippen LogP contribution < -0.4 is 5.46 Å². The van der Waals surface area contributed by atoms with Crippen LogP contribution in [-0.2, 0) is 11.3 Å². The zero-order chi connectivity index (χ0) is 17.0. The summed E-state index contributed by atoms with van der Waals surface area (Å²) >= 11 is 0. The quantitative estimate of drug-likeness (QED) is 0.790. The molecule has 1 aliphatic rings. The maximum atomic E-state index is 12.0. The Morgan fingerprint density at radius 2 is 1.70 bits per heavy atom. The second kappa shape index (κ2) is 7.34. The molecular formula is C16H25BN2O4. The SMILES string of the molecule is CC(C)(C)OC(=O)N1CCN(Cc2ccc(B(O)O)cc2)CC1. The van der Waals surface area contributed by atoms with Crippen LogP contribution in [0.4, 0.5) is 4.79 Å². The minimum absolute atomic E-state index is 0.251. The van der Waals surface area contributed by atoms with Crippen LogP contribution >= 0.6 is 0 Å². The third kappa shape index (κ3) is 5.53. The molecule has 1 aliphatic heterocycles. The van der Waals surface area contributed by atoms with Gasteiger partial charge in [0, 0.05) is 32.7 Å². The minimum atomic E-state index is -1.43. The molecule has 1 amide bonds. The molecule has 1 heterocycles. The fourth-order valence-corrected chi connectivity index (χ4v) is 2.47. The third-order valence-corrected chi connectivity index (χ3v) is 3.71. The highest BCUT2D eigenvalue weighted by Crippen LogP contribution is 2.13. The number of carbonyl (C=O) groups excluding carboxylic acids is 1. The van der Waals surface area contributed by atoms with Crippen molar-refractivity contribution in [3.8, 4) is 0 Å². The average molecular weight is 320 g/mol. The Hall–Kier alpha value is -1.57. The Labute approximate surface area is 137 Å². The average Bonchev–Trinajstić information content (AvgIpc) is 2.46. The molecule has 23 heavy (non-hydrogen) atoms. The third-order valence-electron chi connectivity index (χ3n) is 3.71. The molecule has 126 valence electrons. The van der Waals surface area contributed by atoms with Crippen LogP contribution in [0, 0.1) is 0 Å². The van der Waals surface area contributed by atoms with Gasteiger partial charge in [0.1, 0.15) is 5.60 Å². The van der Waals surface area contributed by atoms with Gasteiger partial charge in [-0.1, -0.05) is 24.3 Å². The summed E-state index contributed by atoms with van der Waals surface area (Å²) in [5.41, 5.74) is 1.14. The van der Waals surface area contributed by atoms with Gasteiger partial charge in [-0.05, 0) is 31.8 Å². The molecule has 0 bridgehead atoms. The Balaban J connectivity index is 1.81. The summed E-state index contributed by atoms with van der Waals surface area (Å²) in [6, 6.07) is 7.23. The van der Waals surface area contributed by atoms with Crippen LogP contribution in [0.1, 0.15) is 26.3 Å². The Morgan fingerprint density at radius 1 is 1.13 bits per heavy atom. The van der Waals surface area contributed by atoms with Crippen molar-refractivity contribution in [2.45, 2.75) is 32.9 Å². The topological polar surface area (TPSA) is 73.2 Å². The van der Waals surface area contributed by atoms with Gasteiger partial charge in [0.2, 0.25) is 0 Å². The molecule has 1 aromatic rings. The summed E-state index contributed by atoms with van der Waals surface area (Å²) < 4.78 is 5.39. The molecule has 0 aliphatic carbocycles. The molecule has 0 spiro atoms. The molecule has 0 saturated carbocycles. The summed E-state index contributed by atoms with van der Waals surface area (Å²) in [5, 5.41) is 18.2. The number of amides is 1. The molecule has 0 atom stereocenters. The highest BCUT2D eigenvalue weighted by Gasteiger charge is 2.25. The Morgan fingerprint density at radius 3 is 2.17 bits per heavy atom. The van der Waals surface area contributed by atoms with Gasteiger partial charge in [0.05, 0.1) is 0 Å². The summed E-state index contributed by atoms with van der Waals surface area (Å²) in [5.74, 6) is 0. The van der Waals surface area contributed by atoms with E-state index in [-0.39, 0.29) is 6.09 Å². The van der Waals surface area contributed by atoms with Crippen LogP contribution in [-0.4, -0.2) is 64.8 Å². The second-order valence-electron chi connectivity index (χ2n) is 6.86. The molecular weight excluding hydrogens is 295 g/mol. The predicted molar refractivity (Wildman–Crippen MR) is 89.4 cm³/mol. The second-order valence-corrected chi connectivity index (χ2v) is 6.86. The molecule has 2 rings (SSSR count). The highest BCUT2D eigenvalue weighted by atomic mass is 16.6. The fraction of sp³-hybridized carbons (Fsp3) is 0.562. The lowest BCUT2D eigenvalue weighted by molar-refractivity contribution is 0.0139. The lowest BCUT2D eigenvalue weighted by Gasteiger charge is -2.35. The first-order valence-corrected chi connectivity index (χ1v) is 7.90. The normalized spacial score (nSPS) is 16.3. The van der Waals surface area contributed by atoms with Crippen molar-refractivity contribution >= 4 is 18.7 Å². The molecule has 0 aromatic heterocycles. The van der Waals surface area contributed by atoms with E-state index in [1.807, 2.05) is 32.9 Å². The zero-order valence-corrected chi connectivity index (χ0v) is 14.0.